The number of hydrogen-bond donors (Lipinski definition) is 1. The SMILES string of the molecule is CC1CN(CCCC(F)(F)F)C2(CCCC2)CN1. The van der Waals surface area contributed by atoms with Crippen LogP contribution in [0.2, 0.25) is 0 Å². The fourth-order valence-corrected chi connectivity index (χ4v) is 3.39. The lowest BCUT2D eigenvalue weighted by Crippen LogP contribution is -2.63. The number of hydrogen-bond acceptors (Lipinski definition) is 2. The fourth-order valence-electron chi connectivity index (χ4n) is 3.39. The van der Waals surface area contributed by atoms with Crippen molar-refractivity contribution in [1.82, 2.24) is 10.2 Å². The summed E-state index contributed by atoms with van der Waals surface area (Å²) in [6.07, 6.45) is 0.275. The average molecular weight is 264 g/mol. The average Bonchev–Trinajstić information content (AvgIpc) is 2.71. The van der Waals surface area contributed by atoms with E-state index < -0.39 is 12.6 Å². The van der Waals surface area contributed by atoms with E-state index >= 15 is 0 Å². The monoisotopic (exact) mass is 264 g/mol. The van der Waals surface area contributed by atoms with Gasteiger partial charge >= 0.3 is 6.18 Å². The number of alkyl halides is 3. The molecule has 0 amide bonds. The van der Waals surface area contributed by atoms with Crippen LogP contribution in [0.4, 0.5) is 13.2 Å². The van der Waals surface area contributed by atoms with Crippen LogP contribution in [-0.2, 0) is 0 Å². The first-order valence-electron chi connectivity index (χ1n) is 6.97. The van der Waals surface area contributed by atoms with Gasteiger partial charge in [-0.05, 0) is 32.7 Å². The van der Waals surface area contributed by atoms with E-state index in [4.69, 9.17) is 0 Å². The van der Waals surface area contributed by atoms with Gasteiger partial charge in [0, 0.05) is 31.1 Å². The molecule has 1 atom stereocenters. The van der Waals surface area contributed by atoms with Gasteiger partial charge in [0.05, 0.1) is 0 Å². The number of rotatable bonds is 3. The maximum atomic E-state index is 12.2. The zero-order valence-corrected chi connectivity index (χ0v) is 11.0. The Morgan fingerprint density at radius 2 is 1.94 bits per heavy atom. The molecule has 1 aliphatic carbocycles. The quantitative estimate of drug-likeness (QED) is 0.843. The van der Waals surface area contributed by atoms with E-state index in [0.717, 1.165) is 25.9 Å². The molecule has 1 saturated carbocycles. The Kier molecular flexibility index (Phi) is 4.22. The number of nitrogens with one attached hydrogen (secondary N) is 1. The van der Waals surface area contributed by atoms with Crippen molar-refractivity contribution in [1.29, 1.82) is 0 Å². The Morgan fingerprint density at radius 3 is 2.56 bits per heavy atom. The summed E-state index contributed by atoms with van der Waals surface area (Å²) in [4.78, 5) is 2.33. The van der Waals surface area contributed by atoms with Crippen molar-refractivity contribution in [3.05, 3.63) is 0 Å². The van der Waals surface area contributed by atoms with Crippen molar-refractivity contribution < 1.29 is 13.2 Å². The minimum absolute atomic E-state index is 0.151. The molecule has 2 nitrogen and oxygen atoms in total. The molecule has 0 aromatic rings. The predicted molar refractivity (Wildman–Crippen MR) is 65.5 cm³/mol. The first kappa shape index (κ1) is 14.1. The Labute approximate surface area is 107 Å². The highest BCUT2D eigenvalue weighted by atomic mass is 19.4. The zero-order chi connectivity index (χ0) is 13.2. The van der Waals surface area contributed by atoms with Crippen LogP contribution in [0.25, 0.3) is 0 Å². The van der Waals surface area contributed by atoms with E-state index in [1.165, 1.54) is 12.8 Å². The van der Waals surface area contributed by atoms with Gasteiger partial charge in [-0.2, -0.15) is 13.2 Å². The Morgan fingerprint density at radius 1 is 1.28 bits per heavy atom. The van der Waals surface area contributed by atoms with Gasteiger partial charge in [-0.15, -0.1) is 0 Å². The van der Waals surface area contributed by atoms with Crippen LogP contribution in [-0.4, -0.2) is 42.3 Å². The molecule has 1 aliphatic heterocycles. The van der Waals surface area contributed by atoms with E-state index in [0.29, 0.717) is 12.6 Å². The van der Waals surface area contributed by atoms with Crippen molar-refractivity contribution in [3.8, 4) is 0 Å². The molecule has 0 radical (unpaired) electrons. The molecular formula is C13H23F3N2. The molecule has 1 heterocycles. The summed E-state index contributed by atoms with van der Waals surface area (Å²) in [5, 5.41) is 3.49. The van der Waals surface area contributed by atoms with Crippen LogP contribution in [0, 0.1) is 0 Å². The Balaban J connectivity index is 1.90. The lowest BCUT2D eigenvalue weighted by Gasteiger charge is -2.48. The molecule has 18 heavy (non-hydrogen) atoms. The van der Waals surface area contributed by atoms with Crippen LogP contribution < -0.4 is 5.32 Å². The molecular weight excluding hydrogens is 241 g/mol. The minimum atomic E-state index is -4.01. The highest BCUT2D eigenvalue weighted by Crippen LogP contribution is 2.37. The van der Waals surface area contributed by atoms with Crippen molar-refractivity contribution in [2.75, 3.05) is 19.6 Å². The van der Waals surface area contributed by atoms with Gasteiger partial charge in [-0.25, -0.2) is 0 Å². The maximum absolute atomic E-state index is 12.2. The molecule has 5 heteroatoms. The smallest absolute Gasteiger partial charge is 0.311 e. The van der Waals surface area contributed by atoms with Gasteiger partial charge in [0.15, 0.2) is 0 Å². The van der Waals surface area contributed by atoms with Gasteiger partial charge in [0.1, 0.15) is 0 Å². The highest BCUT2D eigenvalue weighted by Gasteiger charge is 2.42. The van der Waals surface area contributed by atoms with Crippen molar-refractivity contribution in [2.45, 2.75) is 63.2 Å². The van der Waals surface area contributed by atoms with Crippen molar-refractivity contribution in [3.63, 3.8) is 0 Å². The van der Waals surface area contributed by atoms with E-state index in [-0.39, 0.29) is 12.0 Å². The van der Waals surface area contributed by atoms with Gasteiger partial charge in [-0.1, -0.05) is 12.8 Å². The van der Waals surface area contributed by atoms with E-state index in [1.807, 2.05) is 0 Å². The second-order valence-corrected chi connectivity index (χ2v) is 5.88. The second-order valence-electron chi connectivity index (χ2n) is 5.88. The molecule has 0 aromatic carbocycles. The number of nitrogens with zero attached hydrogens (tertiary/aromatic N) is 1. The predicted octanol–water partition coefficient (Wildman–Crippen LogP) is 2.94. The Bertz CT molecular complexity index is 272. The largest absolute Gasteiger partial charge is 0.389 e. The third-order valence-electron chi connectivity index (χ3n) is 4.37. The zero-order valence-electron chi connectivity index (χ0n) is 11.0. The molecule has 2 rings (SSSR count). The molecule has 2 fully saturated rings. The van der Waals surface area contributed by atoms with E-state index in [2.05, 4.69) is 17.1 Å². The minimum Gasteiger partial charge on any atom is -0.311 e. The summed E-state index contributed by atoms with van der Waals surface area (Å²) in [7, 11) is 0. The fraction of sp³-hybridized carbons (Fsp3) is 1.00. The van der Waals surface area contributed by atoms with Crippen molar-refractivity contribution >= 4 is 0 Å². The standard InChI is InChI=1S/C13H23F3N2/c1-11-9-18(8-4-7-13(14,15)16)12(10-17-11)5-2-3-6-12/h11,17H,2-10H2,1H3. The summed E-state index contributed by atoms with van der Waals surface area (Å²) in [5.74, 6) is 0. The number of halogens is 3. The molecule has 0 bridgehead atoms. The first-order valence-corrected chi connectivity index (χ1v) is 6.97. The molecule has 2 aliphatic rings. The van der Waals surface area contributed by atoms with Crippen LogP contribution in [0.5, 0.6) is 0 Å². The normalized spacial score (nSPS) is 29.0. The van der Waals surface area contributed by atoms with Crippen LogP contribution in [0.3, 0.4) is 0 Å². The summed E-state index contributed by atoms with van der Waals surface area (Å²) in [5.41, 5.74) is 0.151. The first-order chi connectivity index (χ1) is 8.41. The van der Waals surface area contributed by atoms with Crippen LogP contribution in [0.15, 0.2) is 0 Å². The lowest BCUT2D eigenvalue weighted by molar-refractivity contribution is -0.137. The highest BCUT2D eigenvalue weighted by molar-refractivity contribution is 5.01. The molecule has 1 saturated heterocycles. The third-order valence-corrected chi connectivity index (χ3v) is 4.37. The third kappa shape index (κ3) is 3.38. The molecule has 106 valence electrons. The van der Waals surface area contributed by atoms with Crippen LogP contribution >= 0.6 is 0 Å². The van der Waals surface area contributed by atoms with Gasteiger partial charge < -0.3 is 5.32 Å². The molecule has 1 unspecified atom stereocenters. The number of piperazine rings is 1. The summed E-state index contributed by atoms with van der Waals surface area (Å²) >= 11 is 0. The summed E-state index contributed by atoms with van der Waals surface area (Å²) in [6.45, 7) is 4.53. The molecule has 1 N–H and O–H groups in total. The van der Waals surface area contributed by atoms with E-state index in [9.17, 15) is 13.2 Å². The maximum Gasteiger partial charge on any atom is 0.389 e. The van der Waals surface area contributed by atoms with Gasteiger partial charge in [0.25, 0.3) is 0 Å². The molecule has 0 aromatic heterocycles. The van der Waals surface area contributed by atoms with Crippen molar-refractivity contribution in [2.24, 2.45) is 0 Å². The van der Waals surface area contributed by atoms with Crippen LogP contribution in [0.1, 0.15) is 45.4 Å². The summed E-state index contributed by atoms with van der Waals surface area (Å²) < 4.78 is 36.7. The van der Waals surface area contributed by atoms with Gasteiger partial charge in [-0.3, -0.25) is 4.90 Å². The summed E-state index contributed by atoms with van der Waals surface area (Å²) in [6, 6.07) is 0.391. The molecule has 1 spiro atoms. The Hall–Kier alpha value is -0.290. The van der Waals surface area contributed by atoms with E-state index in [1.54, 1.807) is 0 Å². The second kappa shape index (κ2) is 5.37. The van der Waals surface area contributed by atoms with Gasteiger partial charge in [0.2, 0.25) is 0 Å². The topological polar surface area (TPSA) is 15.3 Å². The lowest BCUT2D eigenvalue weighted by atomic mass is 9.91.